The third-order valence-electron chi connectivity index (χ3n) is 2.68. The van der Waals surface area contributed by atoms with Crippen LogP contribution in [-0.4, -0.2) is 22.0 Å². The molecule has 3 N–H and O–H groups in total. The van der Waals surface area contributed by atoms with Crippen LogP contribution in [0.25, 0.3) is 0 Å². The quantitative estimate of drug-likeness (QED) is 0.592. The number of carboxylic acid groups (broad SMARTS) is 1. The molecule has 0 unspecified atom stereocenters. The predicted octanol–water partition coefficient (Wildman–Crippen LogP) is 2.94. The number of carboxylic acids is 1. The molecule has 2 aromatic carbocycles. The minimum absolute atomic E-state index is 0.0353. The SMILES string of the molecule is O=C(Nc1cccc(C(=O)O)c1)Nc1cccc([N+](=O)[O-])c1. The number of aromatic carboxylic acids is 1. The summed E-state index contributed by atoms with van der Waals surface area (Å²) in [5, 5.41) is 24.4. The Balaban J connectivity index is 2.07. The maximum atomic E-state index is 11.8. The summed E-state index contributed by atoms with van der Waals surface area (Å²) in [5.41, 5.74) is 0.433. The number of anilines is 2. The Kier molecular flexibility index (Phi) is 4.33. The Hall–Kier alpha value is -3.42. The maximum absolute atomic E-state index is 11.8. The molecule has 0 heterocycles. The molecular formula is C14H11N3O5. The summed E-state index contributed by atoms with van der Waals surface area (Å²) in [7, 11) is 0. The van der Waals surface area contributed by atoms with Crippen LogP contribution in [0, 0.1) is 10.1 Å². The molecule has 0 aliphatic carbocycles. The van der Waals surface area contributed by atoms with E-state index in [1.807, 2.05) is 0 Å². The fourth-order valence-electron chi connectivity index (χ4n) is 1.72. The summed E-state index contributed by atoms with van der Waals surface area (Å²) in [6.45, 7) is 0. The number of rotatable bonds is 4. The molecule has 0 radical (unpaired) electrons. The van der Waals surface area contributed by atoms with Gasteiger partial charge in [0, 0.05) is 23.5 Å². The normalized spacial score (nSPS) is 9.82. The second-order valence-electron chi connectivity index (χ2n) is 4.27. The van der Waals surface area contributed by atoms with Gasteiger partial charge in [-0.25, -0.2) is 9.59 Å². The molecule has 0 fully saturated rings. The number of hydrogen-bond acceptors (Lipinski definition) is 4. The van der Waals surface area contributed by atoms with Crippen molar-refractivity contribution >= 4 is 29.1 Å². The van der Waals surface area contributed by atoms with E-state index in [0.29, 0.717) is 5.69 Å². The number of urea groups is 1. The molecule has 0 saturated carbocycles. The molecule has 0 aliphatic rings. The number of carbonyl (C=O) groups excluding carboxylic acids is 1. The van der Waals surface area contributed by atoms with Crippen molar-refractivity contribution in [3.8, 4) is 0 Å². The van der Waals surface area contributed by atoms with Crippen molar-refractivity contribution < 1.29 is 19.6 Å². The van der Waals surface area contributed by atoms with Crippen molar-refractivity contribution in [1.82, 2.24) is 0 Å². The molecule has 0 spiro atoms. The zero-order valence-electron chi connectivity index (χ0n) is 11.1. The number of hydrogen-bond donors (Lipinski definition) is 3. The molecule has 0 bridgehead atoms. The Bertz CT molecular complexity index is 683. The van der Waals surface area contributed by atoms with Crippen LogP contribution in [0.5, 0.6) is 0 Å². The number of carbonyl (C=O) groups is 2. The fraction of sp³-hybridized carbons (Fsp3) is 0. The lowest BCUT2D eigenvalue weighted by Gasteiger charge is -2.08. The predicted molar refractivity (Wildman–Crippen MR) is 79.1 cm³/mol. The monoisotopic (exact) mass is 301 g/mol. The Morgan fingerprint density at radius 3 is 2.18 bits per heavy atom. The molecule has 2 aromatic rings. The van der Waals surface area contributed by atoms with Crippen molar-refractivity contribution in [2.45, 2.75) is 0 Å². The summed E-state index contributed by atoms with van der Waals surface area (Å²) < 4.78 is 0. The fourth-order valence-corrected chi connectivity index (χ4v) is 1.72. The topological polar surface area (TPSA) is 122 Å². The van der Waals surface area contributed by atoms with Gasteiger partial charge in [0.25, 0.3) is 5.69 Å². The molecule has 22 heavy (non-hydrogen) atoms. The summed E-state index contributed by atoms with van der Waals surface area (Å²) in [4.78, 5) is 32.7. The lowest BCUT2D eigenvalue weighted by Crippen LogP contribution is -2.19. The van der Waals surface area contributed by atoms with Gasteiger partial charge in [-0.05, 0) is 24.3 Å². The molecule has 0 atom stereocenters. The van der Waals surface area contributed by atoms with E-state index in [0.717, 1.165) is 0 Å². The molecular weight excluding hydrogens is 290 g/mol. The van der Waals surface area contributed by atoms with E-state index in [4.69, 9.17) is 5.11 Å². The van der Waals surface area contributed by atoms with Crippen molar-refractivity contribution in [3.63, 3.8) is 0 Å². The van der Waals surface area contributed by atoms with Crippen LogP contribution in [0.3, 0.4) is 0 Å². The van der Waals surface area contributed by atoms with E-state index in [9.17, 15) is 19.7 Å². The highest BCUT2D eigenvalue weighted by Gasteiger charge is 2.09. The van der Waals surface area contributed by atoms with Crippen LogP contribution in [0.15, 0.2) is 48.5 Å². The standard InChI is InChI=1S/C14H11N3O5/c18-13(19)9-3-1-4-10(7-9)15-14(20)16-11-5-2-6-12(8-11)17(21)22/h1-8H,(H,18,19)(H2,15,16,20). The van der Waals surface area contributed by atoms with E-state index in [1.54, 1.807) is 0 Å². The number of nitro benzene ring substituents is 1. The van der Waals surface area contributed by atoms with Gasteiger partial charge in [-0.2, -0.15) is 0 Å². The van der Waals surface area contributed by atoms with E-state index in [2.05, 4.69) is 10.6 Å². The van der Waals surface area contributed by atoms with Crippen molar-refractivity contribution in [1.29, 1.82) is 0 Å². The Labute approximate surface area is 124 Å². The van der Waals surface area contributed by atoms with Crippen LogP contribution in [-0.2, 0) is 0 Å². The highest BCUT2D eigenvalue weighted by molar-refractivity contribution is 6.00. The van der Waals surface area contributed by atoms with Crippen LogP contribution >= 0.6 is 0 Å². The highest BCUT2D eigenvalue weighted by Crippen LogP contribution is 2.17. The van der Waals surface area contributed by atoms with Gasteiger partial charge in [0.1, 0.15) is 0 Å². The van der Waals surface area contributed by atoms with E-state index in [1.165, 1.54) is 48.5 Å². The van der Waals surface area contributed by atoms with Crippen molar-refractivity contribution in [3.05, 3.63) is 64.2 Å². The molecule has 0 saturated heterocycles. The van der Waals surface area contributed by atoms with Crippen molar-refractivity contribution in [2.24, 2.45) is 0 Å². The van der Waals surface area contributed by atoms with E-state index in [-0.39, 0.29) is 16.9 Å². The van der Waals surface area contributed by atoms with Gasteiger partial charge in [-0.15, -0.1) is 0 Å². The van der Waals surface area contributed by atoms with Gasteiger partial charge < -0.3 is 15.7 Å². The first-order chi connectivity index (χ1) is 10.5. The first kappa shape index (κ1) is 15.0. The molecule has 2 amide bonds. The van der Waals surface area contributed by atoms with Gasteiger partial charge in [0.2, 0.25) is 0 Å². The summed E-state index contributed by atoms with van der Waals surface area (Å²) in [6.07, 6.45) is 0. The highest BCUT2D eigenvalue weighted by atomic mass is 16.6. The van der Waals surface area contributed by atoms with Crippen LogP contribution in [0.4, 0.5) is 21.9 Å². The third kappa shape index (κ3) is 3.79. The lowest BCUT2D eigenvalue weighted by atomic mass is 10.2. The average molecular weight is 301 g/mol. The Morgan fingerprint density at radius 2 is 1.59 bits per heavy atom. The molecule has 8 heteroatoms. The van der Waals surface area contributed by atoms with Crippen molar-refractivity contribution in [2.75, 3.05) is 10.6 Å². The van der Waals surface area contributed by atoms with E-state index >= 15 is 0 Å². The van der Waals surface area contributed by atoms with Crippen LogP contribution in [0.1, 0.15) is 10.4 Å². The molecule has 8 nitrogen and oxygen atoms in total. The largest absolute Gasteiger partial charge is 0.478 e. The number of benzene rings is 2. The third-order valence-corrected chi connectivity index (χ3v) is 2.68. The summed E-state index contributed by atoms with van der Waals surface area (Å²) in [5.74, 6) is -1.11. The van der Waals surface area contributed by atoms with Gasteiger partial charge in [-0.3, -0.25) is 10.1 Å². The average Bonchev–Trinajstić information content (AvgIpc) is 2.47. The van der Waals surface area contributed by atoms with Crippen LogP contribution < -0.4 is 10.6 Å². The number of amides is 2. The minimum atomic E-state index is -1.11. The molecule has 2 rings (SSSR count). The second kappa shape index (κ2) is 6.35. The number of nitrogens with one attached hydrogen (secondary N) is 2. The van der Waals surface area contributed by atoms with Gasteiger partial charge >= 0.3 is 12.0 Å². The number of nitro groups is 1. The zero-order valence-corrected chi connectivity index (χ0v) is 11.1. The number of nitrogens with zero attached hydrogens (tertiary/aromatic N) is 1. The Morgan fingerprint density at radius 1 is 1.00 bits per heavy atom. The second-order valence-corrected chi connectivity index (χ2v) is 4.27. The zero-order chi connectivity index (χ0) is 16.1. The van der Waals surface area contributed by atoms with Crippen LogP contribution in [0.2, 0.25) is 0 Å². The summed E-state index contributed by atoms with van der Waals surface area (Å²) in [6, 6.07) is 10.5. The maximum Gasteiger partial charge on any atom is 0.335 e. The van der Waals surface area contributed by atoms with E-state index < -0.39 is 16.9 Å². The molecule has 112 valence electrons. The first-order valence-corrected chi connectivity index (χ1v) is 6.11. The van der Waals surface area contributed by atoms with Gasteiger partial charge in [-0.1, -0.05) is 12.1 Å². The minimum Gasteiger partial charge on any atom is -0.478 e. The van der Waals surface area contributed by atoms with Gasteiger partial charge in [0.05, 0.1) is 10.5 Å². The lowest BCUT2D eigenvalue weighted by molar-refractivity contribution is -0.384. The first-order valence-electron chi connectivity index (χ1n) is 6.11. The molecule has 0 aliphatic heterocycles. The smallest absolute Gasteiger partial charge is 0.335 e. The van der Waals surface area contributed by atoms with Gasteiger partial charge in [0.15, 0.2) is 0 Å². The molecule has 0 aromatic heterocycles. The number of non-ortho nitro benzene ring substituents is 1. The summed E-state index contributed by atoms with van der Waals surface area (Å²) >= 11 is 0.